The molecule has 1 fully saturated rings. The predicted molar refractivity (Wildman–Crippen MR) is 80.2 cm³/mol. The molecule has 0 spiro atoms. The molecule has 1 aliphatic carbocycles. The zero-order valence-electron chi connectivity index (χ0n) is 11.2. The van der Waals surface area contributed by atoms with Gasteiger partial charge in [-0.2, -0.15) is 0 Å². The fraction of sp³-hybridized carbons (Fsp3) is 0.333. The van der Waals surface area contributed by atoms with Crippen LogP contribution in [-0.2, 0) is 6.54 Å². The van der Waals surface area contributed by atoms with Crippen LogP contribution in [0.5, 0.6) is 0 Å². The lowest BCUT2D eigenvalue weighted by Gasteiger charge is -2.04. The summed E-state index contributed by atoms with van der Waals surface area (Å²) < 4.78 is 5.54. The molecule has 1 saturated carbocycles. The normalized spacial score (nSPS) is 14.8. The largest absolute Gasteiger partial charge is 0.441 e. The van der Waals surface area contributed by atoms with Crippen LogP contribution in [0.2, 0.25) is 0 Å². The van der Waals surface area contributed by atoms with Gasteiger partial charge in [0.25, 0.3) is 0 Å². The number of rotatable bonds is 4. The second-order valence-corrected chi connectivity index (χ2v) is 6.32. The molecule has 0 unspecified atom stereocenters. The highest BCUT2D eigenvalue weighted by Gasteiger charge is 2.26. The highest BCUT2D eigenvalue weighted by atomic mass is 32.1. The van der Waals surface area contributed by atoms with Crippen LogP contribution < -0.4 is 5.32 Å². The Bertz CT molecular complexity index is 757. The first kappa shape index (κ1) is 11.9. The highest BCUT2D eigenvalue weighted by molar-refractivity contribution is 7.11. The molecule has 4 rings (SSSR count). The van der Waals surface area contributed by atoms with Gasteiger partial charge in [0.1, 0.15) is 5.52 Å². The zero-order chi connectivity index (χ0) is 13.5. The molecule has 0 aliphatic heterocycles. The van der Waals surface area contributed by atoms with Gasteiger partial charge in [0.05, 0.1) is 17.2 Å². The van der Waals surface area contributed by atoms with Gasteiger partial charge in [0, 0.05) is 23.9 Å². The first-order valence-corrected chi connectivity index (χ1v) is 7.66. The van der Waals surface area contributed by atoms with Gasteiger partial charge in [-0.3, -0.25) is 0 Å². The minimum Gasteiger partial charge on any atom is -0.441 e. The molecule has 1 aliphatic rings. The van der Waals surface area contributed by atoms with E-state index < -0.39 is 0 Å². The molecule has 4 nitrogen and oxygen atoms in total. The van der Waals surface area contributed by atoms with Crippen molar-refractivity contribution in [1.82, 2.24) is 9.97 Å². The molecular formula is C15H15N3OS. The third-order valence-corrected chi connectivity index (χ3v) is 4.64. The molecular weight excluding hydrogens is 270 g/mol. The summed E-state index contributed by atoms with van der Waals surface area (Å²) in [5, 5.41) is 4.73. The fourth-order valence-electron chi connectivity index (χ4n) is 2.31. The van der Waals surface area contributed by atoms with Crippen molar-refractivity contribution >= 4 is 28.1 Å². The van der Waals surface area contributed by atoms with Crippen LogP contribution >= 0.6 is 11.3 Å². The van der Waals surface area contributed by atoms with Crippen LogP contribution in [-0.4, -0.2) is 9.97 Å². The molecule has 0 saturated heterocycles. The Morgan fingerprint density at radius 3 is 3.15 bits per heavy atom. The van der Waals surface area contributed by atoms with Crippen LogP contribution in [0.4, 0.5) is 5.69 Å². The van der Waals surface area contributed by atoms with Gasteiger partial charge in [0.15, 0.2) is 11.5 Å². The summed E-state index contributed by atoms with van der Waals surface area (Å²) in [6.07, 6.45) is 4.59. The Morgan fingerprint density at radius 2 is 2.30 bits per heavy atom. The standard InChI is InChI=1S/C15H15N3OS/c1-9-18-14-12(3-2-4-13(14)19-9)16-7-11-8-17-15(20-11)10-5-6-10/h2-4,8,10,16H,5-7H2,1H3. The number of oxazole rings is 1. The van der Waals surface area contributed by atoms with Gasteiger partial charge in [0.2, 0.25) is 0 Å². The lowest BCUT2D eigenvalue weighted by Crippen LogP contribution is -1.97. The molecule has 2 aromatic heterocycles. The first-order valence-electron chi connectivity index (χ1n) is 6.84. The molecule has 1 aromatic carbocycles. The van der Waals surface area contributed by atoms with Crippen molar-refractivity contribution < 1.29 is 4.42 Å². The summed E-state index contributed by atoms with van der Waals surface area (Å²) in [5.41, 5.74) is 2.74. The quantitative estimate of drug-likeness (QED) is 0.784. The first-order chi connectivity index (χ1) is 9.79. The second-order valence-electron chi connectivity index (χ2n) is 5.18. The lowest BCUT2D eigenvalue weighted by atomic mass is 10.3. The molecule has 0 radical (unpaired) electrons. The Labute approximate surface area is 120 Å². The van der Waals surface area contributed by atoms with Gasteiger partial charge in [-0.15, -0.1) is 11.3 Å². The van der Waals surface area contributed by atoms with Gasteiger partial charge in [-0.1, -0.05) is 6.07 Å². The van der Waals surface area contributed by atoms with Crippen LogP contribution in [0.25, 0.3) is 11.1 Å². The van der Waals surface area contributed by atoms with Crippen LogP contribution in [0.15, 0.2) is 28.8 Å². The number of anilines is 1. The zero-order valence-corrected chi connectivity index (χ0v) is 12.0. The van der Waals surface area contributed by atoms with Gasteiger partial charge in [-0.05, 0) is 25.0 Å². The van der Waals surface area contributed by atoms with Gasteiger partial charge < -0.3 is 9.73 Å². The van der Waals surface area contributed by atoms with E-state index in [0.29, 0.717) is 5.89 Å². The van der Waals surface area contributed by atoms with E-state index in [-0.39, 0.29) is 0 Å². The van der Waals surface area contributed by atoms with E-state index in [9.17, 15) is 0 Å². The van der Waals surface area contributed by atoms with Crippen molar-refractivity contribution in [1.29, 1.82) is 0 Å². The van der Waals surface area contributed by atoms with E-state index in [1.54, 1.807) is 0 Å². The van der Waals surface area contributed by atoms with Crippen LogP contribution in [0, 0.1) is 6.92 Å². The van der Waals surface area contributed by atoms with E-state index >= 15 is 0 Å². The maximum atomic E-state index is 5.54. The summed E-state index contributed by atoms with van der Waals surface area (Å²) in [5.74, 6) is 1.43. The third-order valence-electron chi connectivity index (χ3n) is 3.48. The molecule has 5 heteroatoms. The summed E-state index contributed by atoms with van der Waals surface area (Å²) in [6, 6.07) is 5.96. The van der Waals surface area contributed by atoms with E-state index in [4.69, 9.17) is 4.42 Å². The van der Waals surface area contributed by atoms with E-state index in [1.807, 2.05) is 42.7 Å². The Balaban J connectivity index is 1.54. The second kappa shape index (κ2) is 4.59. The monoisotopic (exact) mass is 285 g/mol. The smallest absolute Gasteiger partial charge is 0.192 e. The number of aryl methyl sites for hydroxylation is 1. The average Bonchev–Trinajstić information content (AvgIpc) is 3.05. The van der Waals surface area contributed by atoms with Gasteiger partial charge >= 0.3 is 0 Å². The van der Waals surface area contributed by atoms with Crippen molar-refractivity contribution in [2.45, 2.75) is 32.2 Å². The van der Waals surface area contributed by atoms with Crippen molar-refractivity contribution in [3.63, 3.8) is 0 Å². The molecule has 0 bridgehead atoms. The fourth-order valence-corrected chi connectivity index (χ4v) is 3.33. The molecule has 0 amide bonds. The summed E-state index contributed by atoms with van der Waals surface area (Å²) in [7, 11) is 0. The molecule has 20 heavy (non-hydrogen) atoms. The van der Waals surface area contributed by atoms with E-state index in [0.717, 1.165) is 29.2 Å². The van der Waals surface area contributed by atoms with Crippen molar-refractivity contribution in [2.75, 3.05) is 5.32 Å². The van der Waals surface area contributed by atoms with Crippen LogP contribution in [0.1, 0.15) is 34.5 Å². The number of benzene rings is 1. The molecule has 2 heterocycles. The lowest BCUT2D eigenvalue weighted by molar-refractivity contribution is 0.561. The number of thiazole rings is 1. The van der Waals surface area contributed by atoms with Gasteiger partial charge in [-0.25, -0.2) is 9.97 Å². The molecule has 3 aromatic rings. The number of fused-ring (bicyclic) bond motifs is 1. The number of aromatic nitrogens is 2. The topological polar surface area (TPSA) is 51.0 Å². The predicted octanol–water partition coefficient (Wildman–Crippen LogP) is 4.08. The summed E-state index contributed by atoms with van der Waals surface area (Å²) >= 11 is 1.82. The molecule has 1 N–H and O–H groups in total. The number of hydrogen-bond acceptors (Lipinski definition) is 5. The van der Waals surface area contributed by atoms with Crippen molar-refractivity contribution in [3.05, 3.63) is 40.2 Å². The number of nitrogens with one attached hydrogen (secondary N) is 1. The van der Waals surface area contributed by atoms with Crippen molar-refractivity contribution in [3.8, 4) is 0 Å². The van der Waals surface area contributed by atoms with Crippen molar-refractivity contribution in [2.24, 2.45) is 0 Å². The van der Waals surface area contributed by atoms with E-state index in [1.165, 1.54) is 22.7 Å². The van der Waals surface area contributed by atoms with E-state index in [2.05, 4.69) is 15.3 Å². The Morgan fingerprint density at radius 1 is 1.40 bits per heavy atom. The summed E-state index contributed by atoms with van der Waals surface area (Å²) in [4.78, 5) is 10.2. The SMILES string of the molecule is Cc1nc2c(NCc3cnc(C4CC4)s3)cccc2o1. The Kier molecular flexibility index (Phi) is 2.73. The third kappa shape index (κ3) is 2.18. The minimum absolute atomic E-state index is 0.697. The number of nitrogens with zero attached hydrogens (tertiary/aromatic N) is 2. The average molecular weight is 285 g/mol. The highest BCUT2D eigenvalue weighted by Crippen LogP contribution is 2.41. The molecule has 102 valence electrons. The van der Waals surface area contributed by atoms with Crippen LogP contribution in [0.3, 0.4) is 0 Å². The summed E-state index contributed by atoms with van der Waals surface area (Å²) in [6.45, 7) is 2.66. The number of hydrogen-bond donors (Lipinski definition) is 1. The minimum atomic E-state index is 0.697. The Hall–Kier alpha value is -1.88. The number of para-hydroxylation sites is 1. The molecule has 0 atom stereocenters. The maximum absolute atomic E-state index is 5.54. The maximum Gasteiger partial charge on any atom is 0.192 e.